The molecule has 17 heteroatoms. The maximum atomic E-state index is 12.3. The van der Waals surface area contributed by atoms with E-state index in [1.54, 1.807) is 0 Å². The zero-order valence-corrected chi connectivity index (χ0v) is 26.2. The van der Waals surface area contributed by atoms with Crippen molar-refractivity contribution in [3.05, 3.63) is 12.0 Å². The maximum Gasteiger partial charge on any atom is 0.315 e. The van der Waals surface area contributed by atoms with Gasteiger partial charge in [0.1, 0.15) is 36.2 Å². The zero-order valence-electron chi connectivity index (χ0n) is 25.4. The molecule has 0 radical (unpaired) electrons. The van der Waals surface area contributed by atoms with Crippen molar-refractivity contribution in [1.29, 1.82) is 0 Å². The molecule has 46 heavy (non-hydrogen) atoms. The van der Waals surface area contributed by atoms with Gasteiger partial charge in [0.05, 0.1) is 30.6 Å². The Morgan fingerprint density at radius 1 is 1.09 bits per heavy atom. The molecule has 3 aliphatic heterocycles. The number of hydrogen-bond acceptors (Lipinski definition) is 12. The van der Waals surface area contributed by atoms with Crippen LogP contribution in [0.5, 0.6) is 0 Å². The highest BCUT2D eigenvalue weighted by Gasteiger charge is 2.45. The third kappa shape index (κ3) is 7.99. The second-order valence-electron chi connectivity index (χ2n) is 11.6. The Bertz CT molecular complexity index is 1460. The highest BCUT2D eigenvalue weighted by atomic mass is 32.2. The van der Waals surface area contributed by atoms with Crippen molar-refractivity contribution in [2.45, 2.75) is 93.2 Å². The number of aliphatic hydroxyl groups is 3. The fourth-order valence-electron chi connectivity index (χ4n) is 5.88. The van der Waals surface area contributed by atoms with Crippen LogP contribution in [0.2, 0.25) is 0 Å². The van der Waals surface area contributed by atoms with Gasteiger partial charge in [-0.1, -0.05) is 18.8 Å². The number of aromatic nitrogens is 4. The Kier molecular flexibility index (Phi) is 11.5. The lowest BCUT2D eigenvalue weighted by Crippen LogP contribution is -2.36. The van der Waals surface area contributed by atoms with Crippen molar-refractivity contribution >= 4 is 46.5 Å². The van der Waals surface area contributed by atoms with Crippen LogP contribution in [-0.2, 0) is 14.3 Å². The standard InChI is InChI=1S/C29H41N9O7S/c30-26-22-16(37-38(27(22)34-15-33-26)28-25(43)24(42)18(13-39)45-28)7-6-12-32-20(40)9-2-1-5-11-31-21(41)10-4-3-8-19-23-17(14-46-19)35-29(44)36-23/h15,17-19,23-25,28,39,42-43H,1-5,8-14H2,(H,31,41)(H,32,40)(H2,30,33,34)(H2,35,36,44)/t17-,18?,19?,23-,24?,25?,28?/m0/s1. The molecule has 3 fully saturated rings. The molecule has 7 atom stereocenters. The first-order valence-corrected chi connectivity index (χ1v) is 16.6. The molecular formula is C29H41N9O7S. The molecule has 0 saturated carbocycles. The highest BCUT2D eigenvalue weighted by molar-refractivity contribution is 8.00. The van der Waals surface area contributed by atoms with Gasteiger partial charge in [0, 0.05) is 30.4 Å². The normalized spacial score (nSPS) is 26.7. The Morgan fingerprint density at radius 3 is 2.65 bits per heavy atom. The van der Waals surface area contributed by atoms with E-state index in [1.807, 2.05) is 11.8 Å². The second kappa shape index (κ2) is 15.7. The summed E-state index contributed by atoms with van der Waals surface area (Å²) in [4.78, 5) is 44.1. The number of ether oxygens (including phenoxy) is 1. The van der Waals surface area contributed by atoms with Gasteiger partial charge in [-0.05, 0) is 31.6 Å². The lowest BCUT2D eigenvalue weighted by atomic mass is 10.0. The molecule has 16 nitrogen and oxygen atoms in total. The molecule has 250 valence electrons. The predicted molar refractivity (Wildman–Crippen MR) is 168 cm³/mol. The van der Waals surface area contributed by atoms with E-state index in [0.717, 1.165) is 37.9 Å². The number of thioether (sulfide) groups is 1. The van der Waals surface area contributed by atoms with Crippen molar-refractivity contribution in [1.82, 2.24) is 41.0 Å². The number of urea groups is 1. The summed E-state index contributed by atoms with van der Waals surface area (Å²) in [5.74, 6) is 6.63. The molecule has 5 heterocycles. The fourth-order valence-corrected chi connectivity index (χ4v) is 7.42. The highest BCUT2D eigenvalue weighted by Crippen LogP contribution is 2.34. The van der Waals surface area contributed by atoms with Crippen LogP contribution < -0.4 is 27.0 Å². The Hall–Kier alpha value is -3.69. The summed E-state index contributed by atoms with van der Waals surface area (Å²) >= 11 is 1.88. The zero-order chi connectivity index (χ0) is 32.6. The number of amides is 4. The van der Waals surface area contributed by atoms with E-state index in [4.69, 9.17) is 10.5 Å². The van der Waals surface area contributed by atoms with Gasteiger partial charge < -0.3 is 47.1 Å². The minimum Gasteiger partial charge on any atom is -0.394 e. The molecule has 5 unspecified atom stereocenters. The van der Waals surface area contributed by atoms with Crippen LogP contribution in [0.4, 0.5) is 10.6 Å². The number of carbonyl (C=O) groups excluding carboxylic acids is 3. The molecule has 2 aromatic rings. The SMILES string of the molecule is Nc1ncnc2c1c(C#CCNC(=O)CCCCCNC(=O)CCCCC1SC[C@@H]3NC(=O)N[C@H]13)nn2C1OC(CO)C(O)C1O. The average molecular weight is 660 g/mol. The van der Waals surface area contributed by atoms with Gasteiger partial charge in [0.2, 0.25) is 11.8 Å². The van der Waals surface area contributed by atoms with Crippen LogP contribution in [0.25, 0.3) is 11.0 Å². The maximum absolute atomic E-state index is 12.3. The number of aliphatic hydroxyl groups excluding tert-OH is 3. The fraction of sp³-hybridized carbons (Fsp3) is 0.655. The Labute approximate surface area is 270 Å². The molecule has 4 amide bonds. The molecule has 3 saturated heterocycles. The van der Waals surface area contributed by atoms with Crippen molar-refractivity contribution in [3.63, 3.8) is 0 Å². The van der Waals surface area contributed by atoms with E-state index in [9.17, 15) is 29.7 Å². The molecule has 0 aromatic carbocycles. The van der Waals surface area contributed by atoms with Crippen molar-refractivity contribution < 1.29 is 34.4 Å². The number of unbranched alkanes of at least 4 members (excludes halogenated alkanes) is 3. The molecule has 2 aromatic heterocycles. The minimum absolute atomic E-state index is 0.0360. The minimum atomic E-state index is -1.37. The summed E-state index contributed by atoms with van der Waals surface area (Å²) in [6.07, 6.45) is 2.25. The Morgan fingerprint density at radius 2 is 1.87 bits per heavy atom. The first kappa shape index (κ1) is 33.7. The molecule has 0 spiro atoms. The van der Waals surface area contributed by atoms with Gasteiger partial charge in [0.25, 0.3) is 0 Å². The van der Waals surface area contributed by atoms with Gasteiger partial charge in [-0.15, -0.1) is 0 Å². The van der Waals surface area contributed by atoms with Crippen LogP contribution in [0, 0.1) is 11.8 Å². The molecule has 0 aliphatic carbocycles. The monoisotopic (exact) mass is 659 g/mol. The first-order valence-electron chi connectivity index (χ1n) is 15.6. The summed E-state index contributed by atoms with van der Waals surface area (Å²) < 4.78 is 6.83. The van der Waals surface area contributed by atoms with Gasteiger partial charge in [-0.3, -0.25) is 9.59 Å². The number of anilines is 1. The van der Waals surface area contributed by atoms with E-state index in [1.165, 1.54) is 11.0 Å². The molecule has 5 rings (SSSR count). The van der Waals surface area contributed by atoms with Crippen molar-refractivity contribution in [2.75, 3.05) is 31.2 Å². The summed E-state index contributed by atoms with van der Waals surface area (Å²) in [5.41, 5.74) is 6.49. The number of nitrogen functional groups attached to an aromatic ring is 1. The van der Waals surface area contributed by atoms with Crippen LogP contribution >= 0.6 is 11.8 Å². The third-order valence-electron chi connectivity index (χ3n) is 8.34. The predicted octanol–water partition coefficient (Wildman–Crippen LogP) is -1.11. The number of hydrogen-bond donors (Lipinski definition) is 8. The molecular weight excluding hydrogens is 618 g/mol. The van der Waals surface area contributed by atoms with Gasteiger partial charge in [-0.2, -0.15) is 16.9 Å². The van der Waals surface area contributed by atoms with Gasteiger partial charge in [-0.25, -0.2) is 19.4 Å². The van der Waals surface area contributed by atoms with Crippen molar-refractivity contribution in [3.8, 4) is 11.8 Å². The van der Waals surface area contributed by atoms with Crippen LogP contribution in [-0.4, -0.2) is 114 Å². The van der Waals surface area contributed by atoms with Gasteiger partial charge >= 0.3 is 6.03 Å². The smallest absolute Gasteiger partial charge is 0.315 e. The quantitative estimate of drug-likeness (QED) is 0.0685. The number of nitrogens with zero attached hydrogens (tertiary/aromatic N) is 4. The second-order valence-corrected chi connectivity index (χ2v) is 12.9. The van der Waals surface area contributed by atoms with Crippen molar-refractivity contribution in [2.24, 2.45) is 0 Å². The summed E-state index contributed by atoms with van der Waals surface area (Å²) in [6, 6.07) is 0.338. The number of nitrogens with two attached hydrogens (primary N) is 1. The van der Waals surface area contributed by atoms with Crippen LogP contribution in [0.1, 0.15) is 63.3 Å². The van der Waals surface area contributed by atoms with Crippen LogP contribution in [0.15, 0.2) is 6.33 Å². The third-order valence-corrected chi connectivity index (χ3v) is 9.85. The number of carbonyl (C=O) groups is 3. The van der Waals surface area contributed by atoms with E-state index < -0.39 is 31.1 Å². The lowest BCUT2D eigenvalue weighted by molar-refractivity contribution is -0.122. The lowest BCUT2D eigenvalue weighted by Gasteiger charge is -2.16. The van der Waals surface area contributed by atoms with E-state index in [2.05, 4.69) is 48.2 Å². The molecule has 9 N–H and O–H groups in total. The number of nitrogens with one attached hydrogen (secondary N) is 4. The summed E-state index contributed by atoms with van der Waals surface area (Å²) in [6.45, 7) is 0.150. The number of rotatable bonds is 14. The molecule has 3 aliphatic rings. The average Bonchev–Trinajstić information content (AvgIpc) is 3.78. The Balaban J connectivity index is 0.958. The van der Waals surface area contributed by atoms with E-state index >= 15 is 0 Å². The van der Waals surface area contributed by atoms with Gasteiger partial charge in [0.15, 0.2) is 11.9 Å². The largest absolute Gasteiger partial charge is 0.394 e. The van der Waals surface area contributed by atoms with E-state index in [-0.39, 0.29) is 53.6 Å². The number of fused-ring (bicyclic) bond motifs is 2. The van der Waals surface area contributed by atoms with Crippen LogP contribution in [0.3, 0.4) is 0 Å². The summed E-state index contributed by atoms with van der Waals surface area (Å²) in [7, 11) is 0. The van der Waals surface area contributed by atoms with E-state index in [0.29, 0.717) is 36.4 Å². The first-order chi connectivity index (χ1) is 22.3. The summed E-state index contributed by atoms with van der Waals surface area (Å²) in [5, 5.41) is 46.7. The topological polar surface area (TPSA) is 239 Å². The molecule has 0 bridgehead atoms.